The van der Waals surface area contributed by atoms with E-state index in [0.29, 0.717) is 31.4 Å². The highest BCUT2D eigenvalue weighted by Crippen LogP contribution is 2.79. The normalized spacial score (nSPS) is 47.6. The SMILES string of the molecule is COCCCN1C[C@@]2(CC[C@H]3[C@]45C=C[C@@]6(C=C4C(=O)C4CCCCC4)C[C@@H](O)CC[C@]6(C)[C@H]5CC[C@@]32C)OC1=O. The summed E-state index contributed by atoms with van der Waals surface area (Å²) in [5, 5.41) is 10.9. The van der Waals surface area contributed by atoms with Gasteiger partial charge in [-0.2, -0.15) is 0 Å². The minimum absolute atomic E-state index is 0.0347. The highest BCUT2D eigenvalue weighted by molar-refractivity contribution is 6.00. The smallest absolute Gasteiger partial charge is 0.410 e. The summed E-state index contributed by atoms with van der Waals surface area (Å²) >= 11 is 0. The molecule has 1 heterocycles. The summed E-state index contributed by atoms with van der Waals surface area (Å²) in [5.74, 6) is 1.17. The van der Waals surface area contributed by atoms with Gasteiger partial charge in [-0.15, -0.1) is 0 Å². The lowest BCUT2D eigenvalue weighted by molar-refractivity contribution is -0.169. The van der Waals surface area contributed by atoms with Crippen LogP contribution in [0.25, 0.3) is 0 Å². The number of nitrogens with zero attached hydrogens (tertiary/aromatic N) is 1. The largest absolute Gasteiger partial charge is 0.440 e. The highest BCUT2D eigenvalue weighted by Gasteiger charge is 2.76. The zero-order valence-corrected chi connectivity index (χ0v) is 24.9. The van der Waals surface area contributed by atoms with Crippen molar-refractivity contribution in [2.75, 3.05) is 26.8 Å². The molecule has 0 radical (unpaired) electrons. The maximum atomic E-state index is 14.6. The molecule has 0 aromatic carbocycles. The van der Waals surface area contributed by atoms with Crippen LogP contribution < -0.4 is 0 Å². The van der Waals surface area contributed by atoms with Crippen LogP contribution in [0.4, 0.5) is 4.79 Å². The molecule has 0 aromatic rings. The molecule has 1 saturated heterocycles. The van der Waals surface area contributed by atoms with E-state index < -0.39 is 5.60 Å². The van der Waals surface area contributed by atoms with Gasteiger partial charge in [0.1, 0.15) is 5.60 Å². The summed E-state index contributed by atoms with van der Waals surface area (Å²) in [6.45, 7) is 6.81. The number of rotatable bonds is 6. The number of methoxy groups -OCH3 is 1. The number of carbonyl (C=O) groups excluding carboxylic acids is 2. The van der Waals surface area contributed by atoms with Crippen molar-refractivity contribution < 1.29 is 24.2 Å². The van der Waals surface area contributed by atoms with E-state index >= 15 is 0 Å². The molecule has 4 saturated carbocycles. The van der Waals surface area contributed by atoms with Crippen LogP contribution >= 0.6 is 0 Å². The van der Waals surface area contributed by atoms with Gasteiger partial charge in [-0.1, -0.05) is 51.3 Å². The van der Waals surface area contributed by atoms with Crippen molar-refractivity contribution in [3.05, 3.63) is 23.8 Å². The first-order valence-electron chi connectivity index (χ1n) is 16.3. The second-order valence-electron chi connectivity index (χ2n) is 15.1. The van der Waals surface area contributed by atoms with E-state index in [2.05, 4.69) is 32.1 Å². The molecule has 8 aliphatic rings. The van der Waals surface area contributed by atoms with E-state index in [1.165, 1.54) is 6.42 Å². The number of aliphatic hydroxyl groups is 1. The Labute approximate surface area is 239 Å². The van der Waals surface area contributed by atoms with E-state index in [1.807, 2.05) is 4.90 Å². The molecule has 3 spiro atoms. The van der Waals surface area contributed by atoms with Crippen LogP contribution in [0.1, 0.15) is 97.3 Å². The summed E-state index contributed by atoms with van der Waals surface area (Å²) in [6.07, 6.45) is 19.7. The van der Waals surface area contributed by atoms with Crippen LogP contribution in [0, 0.1) is 39.4 Å². The zero-order chi connectivity index (χ0) is 28.0. The number of ketones is 1. The second-order valence-corrected chi connectivity index (χ2v) is 15.1. The molecule has 5 fully saturated rings. The van der Waals surface area contributed by atoms with Gasteiger partial charge < -0.3 is 19.5 Å². The predicted octanol–water partition coefficient (Wildman–Crippen LogP) is 6.22. The first-order chi connectivity index (χ1) is 19.1. The predicted molar refractivity (Wildman–Crippen MR) is 152 cm³/mol. The Balaban J connectivity index is 1.31. The summed E-state index contributed by atoms with van der Waals surface area (Å²) in [5.41, 5.74) is -0.115. The molecular formula is C34H49NO5. The highest BCUT2D eigenvalue weighted by atomic mass is 16.6. The Kier molecular flexibility index (Phi) is 6.23. The molecule has 40 heavy (non-hydrogen) atoms. The molecule has 1 aliphatic heterocycles. The van der Waals surface area contributed by atoms with Crippen molar-refractivity contribution in [1.29, 1.82) is 0 Å². The molecule has 7 aliphatic carbocycles. The van der Waals surface area contributed by atoms with E-state index in [4.69, 9.17) is 9.47 Å². The van der Waals surface area contributed by atoms with Crippen molar-refractivity contribution in [1.82, 2.24) is 4.90 Å². The Bertz CT molecular complexity index is 1140. The average molecular weight is 552 g/mol. The van der Waals surface area contributed by atoms with Gasteiger partial charge in [0.15, 0.2) is 5.78 Å². The monoisotopic (exact) mass is 551 g/mol. The van der Waals surface area contributed by atoms with Crippen LogP contribution in [0.15, 0.2) is 23.8 Å². The van der Waals surface area contributed by atoms with Crippen LogP contribution in [-0.2, 0) is 14.3 Å². The second kappa shape index (κ2) is 9.17. The Morgan fingerprint density at radius 1 is 1.02 bits per heavy atom. The number of Topliss-reactive ketones (excluding diaryl/α,β-unsaturated/α-hetero) is 1. The van der Waals surface area contributed by atoms with Crippen molar-refractivity contribution in [2.45, 2.75) is 109 Å². The minimum atomic E-state index is -0.496. The fourth-order valence-corrected chi connectivity index (χ4v) is 11.6. The molecule has 0 unspecified atom stereocenters. The lowest BCUT2D eigenvalue weighted by Gasteiger charge is -2.71. The number of amides is 1. The first kappa shape index (κ1) is 27.2. The van der Waals surface area contributed by atoms with Gasteiger partial charge in [0, 0.05) is 48.0 Å². The van der Waals surface area contributed by atoms with Gasteiger partial charge in [-0.3, -0.25) is 4.79 Å². The molecule has 2 bridgehead atoms. The number of hydrogen-bond acceptors (Lipinski definition) is 5. The third kappa shape index (κ3) is 3.35. The standard InChI is InChI=1S/C34H49NO5/c1-30-13-10-24(36)20-32(30)16-17-34(25(21-32)28(37)23-8-5-4-6-9-23)26(30)11-14-31(2)27(34)12-15-33(31)22-35(29(38)40-33)18-7-19-39-3/h16-17,21,23-24,26-27,36H,4-15,18-20,22H2,1-3H3/t24-,26+,27+,30+,31-,32-,33+,34+/m0/s1. The minimum Gasteiger partial charge on any atom is -0.440 e. The fourth-order valence-electron chi connectivity index (χ4n) is 11.6. The number of allylic oxidation sites excluding steroid dienone is 4. The number of ether oxygens (including phenoxy) is 2. The van der Waals surface area contributed by atoms with Crippen LogP contribution in [-0.4, -0.2) is 60.4 Å². The van der Waals surface area contributed by atoms with Crippen molar-refractivity contribution in [3.8, 4) is 0 Å². The van der Waals surface area contributed by atoms with E-state index in [-0.39, 0.29) is 45.7 Å². The molecule has 1 N–H and O–H groups in total. The molecule has 8 rings (SSSR count). The van der Waals surface area contributed by atoms with Gasteiger partial charge in [0.05, 0.1) is 12.6 Å². The van der Waals surface area contributed by atoms with Crippen LogP contribution in [0.5, 0.6) is 0 Å². The fraction of sp³-hybridized carbons (Fsp3) is 0.824. The third-order valence-corrected chi connectivity index (χ3v) is 13.7. The van der Waals surface area contributed by atoms with E-state index in [0.717, 1.165) is 82.6 Å². The zero-order valence-electron chi connectivity index (χ0n) is 24.9. The summed E-state index contributed by atoms with van der Waals surface area (Å²) in [7, 11) is 1.70. The van der Waals surface area contributed by atoms with Gasteiger partial charge in [0.2, 0.25) is 0 Å². The summed E-state index contributed by atoms with van der Waals surface area (Å²) in [6, 6.07) is 0. The maximum Gasteiger partial charge on any atom is 0.410 e. The van der Waals surface area contributed by atoms with Crippen molar-refractivity contribution in [2.24, 2.45) is 39.4 Å². The number of fused-ring (bicyclic) bond motifs is 2. The van der Waals surface area contributed by atoms with E-state index in [9.17, 15) is 14.7 Å². The molecule has 6 nitrogen and oxygen atoms in total. The third-order valence-electron chi connectivity index (χ3n) is 13.7. The Morgan fingerprint density at radius 2 is 1.75 bits per heavy atom. The molecule has 0 aromatic heterocycles. The summed E-state index contributed by atoms with van der Waals surface area (Å²) < 4.78 is 11.7. The first-order valence-corrected chi connectivity index (χ1v) is 16.3. The number of carbonyl (C=O) groups is 2. The molecule has 6 heteroatoms. The van der Waals surface area contributed by atoms with E-state index in [1.54, 1.807) is 7.11 Å². The van der Waals surface area contributed by atoms with Crippen molar-refractivity contribution in [3.63, 3.8) is 0 Å². The lowest BCUT2D eigenvalue weighted by atomic mass is 9.32. The average Bonchev–Trinajstić information content (AvgIpc) is 3.43. The van der Waals surface area contributed by atoms with Gasteiger partial charge >= 0.3 is 6.09 Å². The molecule has 220 valence electrons. The van der Waals surface area contributed by atoms with Gasteiger partial charge in [0.25, 0.3) is 0 Å². The van der Waals surface area contributed by atoms with Crippen LogP contribution in [0.3, 0.4) is 0 Å². The number of aliphatic hydroxyl groups excluding tert-OH is 1. The van der Waals surface area contributed by atoms with Gasteiger partial charge in [-0.05, 0) is 81.5 Å². The quantitative estimate of drug-likeness (QED) is 0.313. The maximum absolute atomic E-state index is 14.6. The number of hydrogen-bond donors (Lipinski definition) is 1. The Hall–Kier alpha value is -1.66. The molecule has 8 atom stereocenters. The topological polar surface area (TPSA) is 76.1 Å². The van der Waals surface area contributed by atoms with Crippen molar-refractivity contribution >= 4 is 11.9 Å². The Morgan fingerprint density at radius 3 is 2.52 bits per heavy atom. The lowest BCUT2D eigenvalue weighted by Crippen LogP contribution is -2.67. The van der Waals surface area contributed by atoms with Gasteiger partial charge in [-0.25, -0.2) is 4.79 Å². The van der Waals surface area contributed by atoms with Crippen LogP contribution in [0.2, 0.25) is 0 Å². The summed E-state index contributed by atoms with van der Waals surface area (Å²) in [4.78, 5) is 29.7. The molecular weight excluding hydrogens is 502 g/mol. The molecule has 1 amide bonds.